The number of aliphatic imine (C=N–C) groups is 1. The number of fused-ring (bicyclic) bond motifs is 2. The minimum Gasteiger partial charge on any atom is -0.475 e. The molecule has 0 aromatic rings. The van der Waals surface area contributed by atoms with E-state index in [0.717, 1.165) is 17.0 Å². The summed E-state index contributed by atoms with van der Waals surface area (Å²) in [6.07, 6.45) is 4.76. The molecule has 9 heteroatoms. The fourth-order valence-electron chi connectivity index (χ4n) is 4.71. The topological polar surface area (TPSA) is 127 Å². The van der Waals surface area contributed by atoms with Gasteiger partial charge >= 0.3 is 0 Å². The summed E-state index contributed by atoms with van der Waals surface area (Å²) < 4.78 is 6.08. The van der Waals surface area contributed by atoms with Gasteiger partial charge in [-0.2, -0.15) is 0 Å². The third-order valence-electron chi connectivity index (χ3n) is 6.16. The smallest absolute Gasteiger partial charge is 0.203 e. The molecule has 0 spiro atoms. The van der Waals surface area contributed by atoms with Gasteiger partial charge in [0.25, 0.3) is 0 Å². The molecule has 0 bridgehead atoms. The van der Waals surface area contributed by atoms with Crippen LogP contribution in [0.1, 0.15) is 26.2 Å². The van der Waals surface area contributed by atoms with Gasteiger partial charge in [0.2, 0.25) is 5.96 Å². The molecule has 0 radical (unpaired) electrons. The Balaban J connectivity index is 1.46. The normalized spacial score (nSPS) is 41.8. The number of ether oxygens (including phenoxy) is 1. The van der Waals surface area contributed by atoms with Gasteiger partial charge in [0.05, 0.1) is 18.1 Å². The van der Waals surface area contributed by atoms with Crippen LogP contribution in [0.5, 0.6) is 0 Å². The van der Waals surface area contributed by atoms with Gasteiger partial charge in [-0.15, -0.1) is 12.6 Å². The van der Waals surface area contributed by atoms with Crippen molar-refractivity contribution in [3.63, 3.8) is 0 Å². The largest absolute Gasteiger partial charge is 0.475 e. The molecule has 1 heterocycles. The number of rotatable bonds is 5. The maximum Gasteiger partial charge on any atom is 0.203 e. The molecule has 0 amide bonds. The number of hydrogen-bond donors (Lipinski definition) is 7. The van der Waals surface area contributed by atoms with Gasteiger partial charge in [0.1, 0.15) is 17.8 Å². The van der Waals surface area contributed by atoms with Crippen molar-refractivity contribution in [2.75, 3.05) is 6.61 Å². The van der Waals surface area contributed by atoms with E-state index in [0.29, 0.717) is 24.7 Å². The second-order valence-electron chi connectivity index (χ2n) is 7.80. The van der Waals surface area contributed by atoms with Crippen LogP contribution >= 0.6 is 12.6 Å². The molecular weight excluding hydrogens is 382 g/mol. The molecule has 4 rings (SSSR count). The van der Waals surface area contributed by atoms with Gasteiger partial charge in [0.15, 0.2) is 5.88 Å². The van der Waals surface area contributed by atoms with E-state index in [9.17, 15) is 20.4 Å². The van der Waals surface area contributed by atoms with Crippen LogP contribution in [0.2, 0.25) is 0 Å². The fourth-order valence-corrected chi connectivity index (χ4v) is 4.95. The van der Waals surface area contributed by atoms with Crippen LogP contribution in [0.3, 0.4) is 0 Å². The van der Waals surface area contributed by atoms with Crippen molar-refractivity contribution in [1.82, 2.24) is 10.6 Å². The van der Waals surface area contributed by atoms with Crippen molar-refractivity contribution in [3.05, 3.63) is 34.7 Å². The third kappa shape index (κ3) is 3.05. The molecule has 0 saturated heterocycles. The molecule has 6 N–H and O–H groups in total. The molecule has 154 valence electrons. The van der Waals surface area contributed by atoms with E-state index < -0.39 is 35.7 Å². The molecule has 1 aliphatic heterocycles. The van der Waals surface area contributed by atoms with Gasteiger partial charge in [-0.1, -0.05) is 13.0 Å². The summed E-state index contributed by atoms with van der Waals surface area (Å²) in [6, 6.07) is 0.0280. The maximum absolute atomic E-state index is 10.8. The van der Waals surface area contributed by atoms with Crippen molar-refractivity contribution in [3.8, 4) is 0 Å². The van der Waals surface area contributed by atoms with Crippen molar-refractivity contribution >= 4 is 18.6 Å². The zero-order chi connectivity index (χ0) is 20.1. The second kappa shape index (κ2) is 7.38. The summed E-state index contributed by atoms with van der Waals surface area (Å²) in [6.45, 7) is 1.69. The number of guanidine groups is 1. The Bertz CT molecular complexity index is 767. The zero-order valence-electron chi connectivity index (χ0n) is 15.6. The van der Waals surface area contributed by atoms with Crippen LogP contribution in [0.15, 0.2) is 39.7 Å². The first-order chi connectivity index (χ1) is 13.4. The molecule has 2 saturated carbocycles. The predicted molar refractivity (Wildman–Crippen MR) is 106 cm³/mol. The van der Waals surface area contributed by atoms with Gasteiger partial charge in [-0.05, 0) is 31.4 Å². The molecule has 8 nitrogen and oxygen atoms in total. The lowest BCUT2D eigenvalue weighted by Gasteiger charge is -2.52. The highest BCUT2D eigenvalue weighted by molar-refractivity contribution is 7.84. The minimum atomic E-state index is -1.52. The van der Waals surface area contributed by atoms with Gasteiger partial charge in [-0.3, -0.25) is 5.32 Å². The van der Waals surface area contributed by atoms with E-state index in [1.807, 2.05) is 25.2 Å². The average Bonchev–Trinajstić information content (AvgIpc) is 3.17. The van der Waals surface area contributed by atoms with E-state index in [1.54, 1.807) is 0 Å². The SMILES string of the molecule is CCC=C(NC1=NC2CC=C(S)C=C2N1)OC1CC(CO)C2(O)C(O)C(O)C12. The van der Waals surface area contributed by atoms with Gasteiger partial charge < -0.3 is 30.5 Å². The lowest BCUT2D eigenvalue weighted by Crippen LogP contribution is -2.72. The molecule has 2 fully saturated rings. The van der Waals surface area contributed by atoms with Crippen LogP contribution in [0, 0.1) is 11.8 Å². The Hall–Kier alpha value is -1.52. The Kier molecular flexibility index (Phi) is 5.22. The van der Waals surface area contributed by atoms with Crippen LogP contribution in [-0.4, -0.2) is 62.9 Å². The molecule has 4 aliphatic rings. The van der Waals surface area contributed by atoms with Crippen LogP contribution in [-0.2, 0) is 4.74 Å². The monoisotopic (exact) mass is 409 g/mol. The Morgan fingerprint density at radius 2 is 2.29 bits per heavy atom. The standard InChI is InChI=1S/C19H27N3O5S/c1-2-3-14(22-18-20-11-5-4-10(28)7-12(11)21-18)27-13-6-9(8-23)19(26)15(13)16(24)17(19)25/h3-4,7,9,11,13,15-17,23-26,28H,2,5-6,8H2,1H3,(H2,20,21,22). The number of aliphatic hydroxyl groups excluding tert-OH is 3. The van der Waals surface area contributed by atoms with Crippen molar-refractivity contribution in [1.29, 1.82) is 0 Å². The molecule has 3 aliphatic carbocycles. The summed E-state index contributed by atoms with van der Waals surface area (Å²) in [5, 5.41) is 46.9. The fraction of sp³-hybridized carbons (Fsp3) is 0.632. The number of nitrogens with one attached hydrogen (secondary N) is 2. The molecule has 7 atom stereocenters. The highest BCUT2D eigenvalue weighted by atomic mass is 32.1. The summed E-state index contributed by atoms with van der Waals surface area (Å²) in [5.41, 5.74) is -0.549. The highest BCUT2D eigenvalue weighted by Crippen LogP contribution is 2.55. The van der Waals surface area contributed by atoms with E-state index in [4.69, 9.17) is 4.74 Å². The Morgan fingerprint density at radius 3 is 3.00 bits per heavy atom. The van der Waals surface area contributed by atoms with Crippen molar-refractivity contribution in [2.24, 2.45) is 16.8 Å². The number of thiol groups is 1. The second-order valence-corrected chi connectivity index (χ2v) is 8.32. The minimum absolute atomic E-state index is 0.0280. The lowest BCUT2D eigenvalue weighted by molar-refractivity contribution is -0.277. The molecule has 28 heavy (non-hydrogen) atoms. The number of aliphatic hydroxyl groups is 4. The van der Waals surface area contributed by atoms with E-state index in [-0.39, 0.29) is 12.6 Å². The van der Waals surface area contributed by atoms with Gasteiger partial charge in [0, 0.05) is 23.1 Å². The quantitative estimate of drug-likeness (QED) is 0.246. The Labute approximate surface area is 169 Å². The third-order valence-corrected chi connectivity index (χ3v) is 6.47. The number of allylic oxidation sites excluding steroid dienone is 2. The molecule has 0 aromatic carbocycles. The first-order valence-corrected chi connectivity index (χ1v) is 10.1. The van der Waals surface area contributed by atoms with Crippen LogP contribution in [0.4, 0.5) is 0 Å². The van der Waals surface area contributed by atoms with E-state index in [1.165, 1.54) is 0 Å². The number of nitrogens with zero attached hydrogens (tertiary/aromatic N) is 1. The average molecular weight is 410 g/mol. The number of hydrogen-bond acceptors (Lipinski definition) is 9. The lowest BCUT2D eigenvalue weighted by atomic mass is 9.63. The maximum atomic E-state index is 10.8. The van der Waals surface area contributed by atoms with Crippen LogP contribution < -0.4 is 10.6 Å². The predicted octanol–water partition coefficient (Wildman–Crippen LogP) is -0.263. The zero-order valence-corrected chi connectivity index (χ0v) is 16.5. The van der Waals surface area contributed by atoms with E-state index in [2.05, 4.69) is 28.3 Å². The highest BCUT2D eigenvalue weighted by Gasteiger charge is 2.71. The first kappa shape index (κ1) is 19.8. The Morgan fingerprint density at radius 1 is 1.50 bits per heavy atom. The summed E-state index contributed by atoms with van der Waals surface area (Å²) >= 11 is 4.37. The molecule has 7 unspecified atom stereocenters. The van der Waals surface area contributed by atoms with Crippen molar-refractivity contribution < 1.29 is 25.2 Å². The summed E-state index contributed by atoms with van der Waals surface area (Å²) in [4.78, 5) is 5.51. The summed E-state index contributed by atoms with van der Waals surface area (Å²) in [7, 11) is 0. The molecule has 0 aromatic heterocycles. The van der Waals surface area contributed by atoms with E-state index >= 15 is 0 Å². The summed E-state index contributed by atoms with van der Waals surface area (Å²) in [5.74, 6) is -0.167. The van der Waals surface area contributed by atoms with Gasteiger partial charge in [-0.25, -0.2) is 4.99 Å². The van der Waals surface area contributed by atoms with Crippen LogP contribution in [0.25, 0.3) is 0 Å². The molecular formula is C19H27N3O5S. The van der Waals surface area contributed by atoms with Crippen molar-refractivity contribution in [2.45, 2.75) is 56.1 Å². The first-order valence-electron chi connectivity index (χ1n) is 9.67.